The Morgan fingerprint density at radius 2 is 2.31 bits per heavy atom. The van der Waals surface area contributed by atoms with Crippen molar-refractivity contribution in [1.82, 2.24) is 4.98 Å². The molecule has 3 heteroatoms. The Balaban J connectivity index is 2.57. The van der Waals surface area contributed by atoms with Gasteiger partial charge in [-0.2, -0.15) is 0 Å². The Hall–Kier alpha value is -1.35. The number of oxazole rings is 1. The topological polar surface area (TPSA) is 46.3 Å². The third-order valence-electron chi connectivity index (χ3n) is 2.04. The average Bonchev–Trinajstić information content (AvgIpc) is 2.58. The van der Waals surface area contributed by atoms with Crippen molar-refractivity contribution in [3.05, 3.63) is 29.7 Å². The number of hydrogen-bond donors (Lipinski definition) is 1. The molecule has 1 heterocycles. The first-order chi connectivity index (χ1) is 6.33. The fourth-order valence-electron chi connectivity index (χ4n) is 1.31. The van der Waals surface area contributed by atoms with Crippen molar-refractivity contribution in [2.24, 2.45) is 0 Å². The Labute approximate surface area is 76.0 Å². The minimum Gasteiger partial charge on any atom is -0.438 e. The number of benzene rings is 1. The fourth-order valence-corrected chi connectivity index (χ4v) is 1.31. The van der Waals surface area contributed by atoms with Crippen LogP contribution in [0.15, 0.2) is 22.6 Å². The van der Waals surface area contributed by atoms with E-state index in [1.54, 1.807) is 0 Å². The van der Waals surface area contributed by atoms with Crippen LogP contribution in [0.4, 0.5) is 0 Å². The molecule has 2 rings (SSSR count). The summed E-state index contributed by atoms with van der Waals surface area (Å²) in [6.07, 6.45) is 0.983. The zero-order valence-electron chi connectivity index (χ0n) is 7.45. The molecule has 68 valence electrons. The molecule has 0 aliphatic heterocycles. The summed E-state index contributed by atoms with van der Waals surface area (Å²) >= 11 is 0. The standard InChI is InChI=1S/C10H11NO2/c1-2-7-3-4-9-8(5-7)11-10(6-12)13-9/h3-5,12H,2,6H2,1H3. The lowest BCUT2D eigenvalue weighted by Crippen LogP contribution is -1.80. The third-order valence-corrected chi connectivity index (χ3v) is 2.04. The number of rotatable bonds is 2. The van der Waals surface area contributed by atoms with Gasteiger partial charge in [-0.25, -0.2) is 4.98 Å². The summed E-state index contributed by atoms with van der Waals surface area (Å²) in [7, 11) is 0. The van der Waals surface area contributed by atoms with Gasteiger partial charge in [-0.1, -0.05) is 13.0 Å². The first kappa shape index (κ1) is 8.26. The van der Waals surface area contributed by atoms with Gasteiger partial charge in [0.25, 0.3) is 0 Å². The lowest BCUT2D eigenvalue weighted by molar-refractivity contribution is 0.244. The molecule has 0 radical (unpaired) electrons. The van der Waals surface area contributed by atoms with Crippen molar-refractivity contribution in [3.8, 4) is 0 Å². The highest BCUT2D eigenvalue weighted by Crippen LogP contribution is 2.17. The number of fused-ring (bicyclic) bond motifs is 1. The first-order valence-corrected chi connectivity index (χ1v) is 4.32. The van der Waals surface area contributed by atoms with Gasteiger partial charge < -0.3 is 9.52 Å². The van der Waals surface area contributed by atoms with Crippen LogP contribution in [-0.4, -0.2) is 10.1 Å². The molecule has 3 nitrogen and oxygen atoms in total. The van der Waals surface area contributed by atoms with E-state index in [0.29, 0.717) is 5.89 Å². The number of aliphatic hydroxyl groups excluding tert-OH is 1. The molecular formula is C10H11NO2. The molecule has 0 unspecified atom stereocenters. The van der Waals surface area contributed by atoms with E-state index in [-0.39, 0.29) is 6.61 Å². The van der Waals surface area contributed by atoms with Crippen LogP contribution in [0.5, 0.6) is 0 Å². The van der Waals surface area contributed by atoms with Crippen LogP contribution in [0, 0.1) is 0 Å². The van der Waals surface area contributed by atoms with E-state index in [4.69, 9.17) is 9.52 Å². The zero-order valence-corrected chi connectivity index (χ0v) is 7.45. The van der Waals surface area contributed by atoms with Crippen molar-refractivity contribution < 1.29 is 9.52 Å². The summed E-state index contributed by atoms with van der Waals surface area (Å²) < 4.78 is 5.26. The molecule has 0 amide bonds. The number of aryl methyl sites for hydroxylation is 1. The summed E-state index contributed by atoms with van der Waals surface area (Å²) in [4.78, 5) is 4.12. The first-order valence-electron chi connectivity index (χ1n) is 4.32. The van der Waals surface area contributed by atoms with Gasteiger partial charge >= 0.3 is 0 Å². The van der Waals surface area contributed by atoms with Crippen molar-refractivity contribution >= 4 is 11.1 Å². The van der Waals surface area contributed by atoms with E-state index in [1.807, 2.05) is 18.2 Å². The molecule has 1 aromatic heterocycles. The van der Waals surface area contributed by atoms with Crippen molar-refractivity contribution in [1.29, 1.82) is 0 Å². The SMILES string of the molecule is CCc1ccc2oc(CO)nc2c1. The van der Waals surface area contributed by atoms with Gasteiger partial charge in [0.05, 0.1) is 0 Å². The molecule has 2 aromatic rings. The number of aromatic nitrogens is 1. The van der Waals surface area contributed by atoms with Crippen LogP contribution >= 0.6 is 0 Å². The molecule has 0 bridgehead atoms. The van der Waals surface area contributed by atoms with Gasteiger partial charge in [-0.3, -0.25) is 0 Å². The minimum absolute atomic E-state index is 0.143. The van der Waals surface area contributed by atoms with Crippen molar-refractivity contribution in [2.75, 3.05) is 0 Å². The largest absolute Gasteiger partial charge is 0.438 e. The van der Waals surface area contributed by atoms with Gasteiger partial charge in [0, 0.05) is 0 Å². The van der Waals surface area contributed by atoms with Crippen LogP contribution in [0.25, 0.3) is 11.1 Å². The number of aliphatic hydroxyl groups is 1. The molecular weight excluding hydrogens is 166 g/mol. The second-order valence-electron chi connectivity index (χ2n) is 2.92. The molecule has 13 heavy (non-hydrogen) atoms. The molecule has 0 saturated carbocycles. The van der Waals surface area contributed by atoms with Crippen LogP contribution in [-0.2, 0) is 13.0 Å². The maximum atomic E-state index is 8.81. The molecule has 0 aliphatic rings. The monoisotopic (exact) mass is 177 g/mol. The van der Waals surface area contributed by atoms with E-state index in [9.17, 15) is 0 Å². The highest BCUT2D eigenvalue weighted by Gasteiger charge is 2.03. The predicted molar refractivity (Wildman–Crippen MR) is 49.3 cm³/mol. The second-order valence-corrected chi connectivity index (χ2v) is 2.92. The van der Waals surface area contributed by atoms with Crippen molar-refractivity contribution in [3.63, 3.8) is 0 Å². The minimum atomic E-state index is -0.143. The molecule has 1 aromatic carbocycles. The Kier molecular flexibility index (Phi) is 2.02. The lowest BCUT2D eigenvalue weighted by Gasteiger charge is -1.92. The maximum Gasteiger partial charge on any atom is 0.221 e. The molecule has 0 fully saturated rings. The van der Waals surface area contributed by atoms with Gasteiger partial charge in [-0.15, -0.1) is 0 Å². The van der Waals surface area contributed by atoms with E-state index < -0.39 is 0 Å². The van der Waals surface area contributed by atoms with E-state index >= 15 is 0 Å². The second kappa shape index (κ2) is 3.18. The summed E-state index contributed by atoms with van der Waals surface area (Å²) in [6, 6.07) is 5.88. The molecule has 0 aliphatic carbocycles. The van der Waals surface area contributed by atoms with E-state index in [0.717, 1.165) is 17.5 Å². The fraction of sp³-hybridized carbons (Fsp3) is 0.300. The molecule has 0 spiro atoms. The van der Waals surface area contributed by atoms with Crippen LogP contribution < -0.4 is 0 Å². The van der Waals surface area contributed by atoms with Gasteiger partial charge in [0.15, 0.2) is 5.58 Å². The summed E-state index contributed by atoms with van der Waals surface area (Å²) in [6.45, 7) is 1.95. The van der Waals surface area contributed by atoms with Gasteiger partial charge in [-0.05, 0) is 24.1 Å². The van der Waals surface area contributed by atoms with E-state index in [2.05, 4.69) is 11.9 Å². The van der Waals surface area contributed by atoms with Gasteiger partial charge in [0.1, 0.15) is 12.1 Å². The molecule has 1 N–H and O–H groups in total. The smallest absolute Gasteiger partial charge is 0.221 e. The maximum absolute atomic E-state index is 8.81. The molecule has 0 atom stereocenters. The lowest BCUT2D eigenvalue weighted by atomic mass is 10.1. The zero-order chi connectivity index (χ0) is 9.26. The Morgan fingerprint density at radius 1 is 1.46 bits per heavy atom. The number of nitrogens with zero attached hydrogens (tertiary/aromatic N) is 1. The Bertz CT molecular complexity index is 418. The number of hydrogen-bond acceptors (Lipinski definition) is 3. The quantitative estimate of drug-likeness (QED) is 0.761. The van der Waals surface area contributed by atoms with Crippen LogP contribution in [0.1, 0.15) is 18.4 Å². The predicted octanol–water partition coefficient (Wildman–Crippen LogP) is 1.88. The average molecular weight is 177 g/mol. The summed E-state index contributed by atoms with van der Waals surface area (Å²) in [5.74, 6) is 0.378. The summed E-state index contributed by atoms with van der Waals surface area (Å²) in [5, 5.41) is 8.81. The van der Waals surface area contributed by atoms with Crippen LogP contribution in [0.3, 0.4) is 0 Å². The highest BCUT2D eigenvalue weighted by atomic mass is 16.4. The summed E-state index contributed by atoms with van der Waals surface area (Å²) in [5.41, 5.74) is 2.79. The van der Waals surface area contributed by atoms with Gasteiger partial charge in [0.2, 0.25) is 5.89 Å². The van der Waals surface area contributed by atoms with Crippen LogP contribution in [0.2, 0.25) is 0 Å². The van der Waals surface area contributed by atoms with Crippen molar-refractivity contribution in [2.45, 2.75) is 20.0 Å². The molecule has 0 saturated heterocycles. The highest BCUT2D eigenvalue weighted by molar-refractivity contribution is 5.73. The normalized spacial score (nSPS) is 10.9. The third kappa shape index (κ3) is 1.42. The van der Waals surface area contributed by atoms with E-state index in [1.165, 1.54) is 5.56 Å². The Morgan fingerprint density at radius 3 is 3.00 bits per heavy atom.